The van der Waals surface area contributed by atoms with Crippen LogP contribution in [0.5, 0.6) is 0 Å². The maximum absolute atomic E-state index is 13.2. The number of carbonyl (C=O) groups excluding carboxylic acids is 1. The number of fused-ring (bicyclic) bond motifs is 2. The van der Waals surface area contributed by atoms with Crippen molar-refractivity contribution in [2.75, 3.05) is 10.7 Å². The highest BCUT2D eigenvalue weighted by molar-refractivity contribution is 8.00. The molecule has 1 saturated carbocycles. The van der Waals surface area contributed by atoms with Crippen LogP contribution in [0.2, 0.25) is 0 Å². The van der Waals surface area contributed by atoms with Crippen LogP contribution in [0.1, 0.15) is 43.7 Å². The van der Waals surface area contributed by atoms with E-state index in [9.17, 15) is 4.79 Å². The Kier molecular flexibility index (Phi) is 5.51. The number of anilines is 1. The number of carbonyl (C=O) groups is 1. The van der Waals surface area contributed by atoms with Crippen LogP contribution in [0.3, 0.4) is 0 Å². The van der Waals surface area contributed by atoms with Gasteiger partial charge in [0.25, 0.3) is 0 Å². The average molecular weight is 417 g/mol. The van der Waals surface area contributed by atoms with Crippen molar-refractivity contribution in [3.05, 3.63) is 65.7 Å². The zero-order chi connectivity index (χ0) is 20.5. The number of amides is 1. The Labute approximate surface area is 182 Å². The fourth-order valence-electron chi connectivity index (χ4n) is 5.08. The van der Waals surface area contributed by atoms with Gasteiger partial charge in [-0.1, -0.05) is 73.8 Å². The van der Waals surface area contributed by atoms with Crippen molar-refractivity contribution in [1.82, 2.24) is 4.98 Å². The van der Waals surface area contributed by atoms with Gasteiger partial charge in [-0.3, -0.25) is 4.79 Å². The number of thioether (sulfide) groups is 1. The number of hydrogen-bond donors (Lipinski definition) is 0. The summed E-state index contributed by atoms with van der Waals surface area (Å²) in [5, 5.41) is 2.23. The van der Waals surface area contributed by atoms with Gasteiger partial charge in [-0.2, -0.15) is 0 Å². The molecule has 4 heteroatoms. The van der Waals surface area contributed by atoms with Gasteiger partial charge in [-0.15, -0.1) is 0 Å². The van der Waals surface area contributed by atoms with E-state index < -0.39 is 0 Å². The highest BCUT2D eigenvalue weighted by Gasteiger charge is 2.30. The van der Waals surface area contributed by atoms with E-state index in [4.69, 9.17) is 4.98 Å². The predicted octanol–water partition coefficient (Wildman–Crippen LogP) is 6.04. The van der Waals surface area contributed by atoms with E-state index in [1.165, 1.54) is 42.2 Å². The Morgan fingerprint density at radius 1 is 1.10 bits per heavy atom. The number of pyridine rings is 1. The fraction of sp³-hybridized carbons (Fsp3) is 0.385. The number of para-hydroxylation sites is 2. The number of benzene rings is 2. The van der Waals surface area contributed by atoms with Gasteiger partial charge in [-0.05, 0) is 55.0 Å². The molecule has 154 valence electrons. The summed E-state index contributed by atoms with van der Waals surface area (Å²) in [5.41, 5.74) is 4.68. The van der Waals surface area contributed by atoms with Gasteiger partial charge in [0.2, 0.25) is 5.91 Å². The zero-order valence-corrected chi connectivity index (χ0v) is 18.3. The topological polar surface area (TPSA) is 33.2 Å². The van der Waals surface area contributed by atoms with E-state index in [1.807, 2.05) is 17.0 Å². The number of rotatable bonds is 5. The van der Waals surface area contributed by atoms with Crippen molar-refractivity contribution >= 4 is 34.3 Å². The summed E-state index contributed by atoms with van der Waals surface area (Å²) in [4.78, 5) is 20.1. The number of hydrogen-bond acceptors (Lipinski definition) is 3. The first kappa shape index (κ1) is 19.6. The van der Waals surface area contributed by atoms with Gasteiger partial charge in [0.1, 0.15) is 5.03 Å². The van der Waals surface area contributed by atoms with Crippen LogP contribution in [0.25, 0.3) is 10.9 Å². The Hall–Kier alpha value is -2.33. The molecule has 1 aliphatic heterocycles. The van der Waals surface area contributed by atoms with Crippen LogP contribution >= 0.6 is 11.8 Å². The molecule has 2 aromatic carbocycles. The summed E-state index contributed by atoms with van der Waals surface area (Å²) in [6.07, 6.45) is 7.35. The lowest BCUT2D eigenvalue weighted by molar-refractivity contribution is -0.116. The van der Waals surface area contributed by atoms with Crippen molar-refractivity contribution in [2.45, 2.75) is 56.5 Å². The summed E-state index contributed by atoms with van der Waals surface area (Å²) in [7, 11) is 0. The number of nitrogens with zero attached hydrogens (tertiary/aromatic N) is 2. The lowest BCUT2D eigenvalue weighted by Gasteiger charge is -2.23. The van der Waals surface area contributed by atoms with Gasteiger partial charge in [0, 0.05) is 17.1 Å². The van der Waals surface area contributed by atoms with Gasteiger partial charge in [-0.25, -0.2) is 4.98 Å². The van der Waals surface area contributed by atoms with E-state index in [0.717, 1.165) is 35.0 Å². The molecule has 1 aliphatic carbocycles. The van der Waals surface area contributed by atoms with Gasteiger partial charge >= 0.3 is 0 Å². The second kappa shape index (κ2) is 8.43. The second-order valence-electron chi connectivity index (χ2n) is 8.73. The smallest absolute Gasteiger partial charge is 0.237 e. The van der Waals surface area contributed by atoms with E-state index in [1.54, 1.807) is 11.8 Å². The molecule has 0 radical (unpaired) electrons. The summed E-state index contributed by atoms with van der Waals surface area (Å²) < 4.78 is 0. The molecule has 1 aromatic heterocycles. The quantitative estimate of drug-likeness (QED) is 0.476. The molecule has 0 N–H and O–H groups in total. The highest BCUT2D eigenvalue weighted by atomic mass is 32.2. The Balaban J connectivity index is 1.38. The van der Waals surface area contributed by atoms with Crippen LogP contribution in [0.4, 0.5) is 5.69 Å². The molecule has 0 saturated heterocycles. The summed E-state index contributed by atoms with van der Waals surface area (Å²) in [5.74, 6) is 1.37. The molecule has 3 aromatic rings. The first-order valence-electron chi connectivity index (χ1n) is 11.1. The van der Waals surface area contributed by atoms with Gasteiger partial charge in [0.15, 0.2) is 0 Å². The van der Waals surface area contributed by atoms with Crippen molar-refractivity contribution in [3.8, 4) is 0 Å². The van der Waals surface area contributed by atoms with Crippen molar-refractivity contribution in [1.29, 1.82) is 0 Å². The maximum atomic E-state index is 13.2. The molecule has 0 spiro atoms. The van der Waals surface area contributed by atoms with E-state index >= 15 is 0 Å². The summed E-state index contributed by atoms with van der Waals surface area (Å²) >= 11 is 1.61. The maximum Gasteiger partial charge on any atom is 0.237 e. The van der Waals surface area contributed by atoms with Crippen molar-refractivity contribution in [2.24, 2.45) is 5.92 Å². The monoisotopic (exact) mass is 416 g/mol. The van der Waals surface area contributed by atoms with Crippen LogP contribution in [0.15, 0.2) is 59.6 Å². The van der Waals surface area contributed by atoms with Crippen LogP contribution in [-0.2, 0) is 17.6 Å². The standard InChI is InChI=1S/C26H28N2OS/c1-18-14-21-11-5-7-13-24(21)28(18)25(29)17-30-26-22(15-19-8-2-3-9-19)16-20-10-4-6-12-23(20)27-26/h4-7,10-13,16,18-19H,2-3,8-9,14-15,17H2,1H3/t18-/m0/s1. The Morgan fingerprint density at radius 2 is 1.87 bits per heavy atom. The third-order valence-corrected chi connectivity index (χ3v) is 7.57. The minimum Gasteiger partial charge on any atom is -0.308 e. The number of aromatic nitrogens is 1. The molecule has 0 bridgehead atoms. The van der Waals surface area contributed by atoms with E-state index in [2.05, 4.69) is 49.4 Å². The third kappa shape index (κ3) is 3.85. The molecular formula is C26H28N2OS. The fourth-order valence-corrected chi connectivity index (χ4v) is 5.97. The minimum absolute atomic E-state index is 0.180. The minimum atomic E-state index is 0.180. The van der Waals surface area contributed by atoms with Gasteiger partial charge < -0.3 is 4.90 Å². The largest absolute Gasteiger partial charge is 0.308 e. The Bertz CT molecular complexity index is 1070. The Morgan fingerprint density at radius 3 is 2.73 bits per heavy atom. The molecule has 5 rings (SSSR count). The molecule has 1 amide bonds. The molecule has 3 nitrogen and oxygen atoms in total. The summed E-state index contributed by atoms with van der Waals surface area (Å²) in [6.45, 7) is 2.14. The normalized spacial score (nSPS) is 18.8. The third-order valence-electron chi connectivity index (χ3n) is 6.55. The first-order valence-corrected chi connectivity index (χ1v) is 12.1. The molecule has 0 unspecified atom stereocenters. The second-order valence-corrected chi connectivity index (χ2v) is 9.70. The molecule has 1 fully saturated rings. The first-order chi connectivity index (χ1) is 14.7. The molecule has 30 heavy (non-hydrogen) atoms. The van der Waals surface area contributed by atoms with Crippen LogP contribution < -0.4 is 4.90 Å². The lowest BCUT2D eigenvalue weighted by Crippen LogP contribution is -2.37. The van der Waals surface area contributed by atoms with E-state index in [0.29, 0.717) is 5.75 Å². The molecule has 2 heterocycles. The van der Waals surface area contributed by atoms with E-state index in [-0.39, 0.29) is 11.9 Å². The SMILES string of the molecule is C[C@H]1Cc2ccccc2N1C(=O)CSc1nc2ccccc2cc1CC1CCCC1. The zero-order valence-electron chi connectivity index (χ0n) is 17.5. The predicted molar refractivity (Wildman–Crippen MR) is 125 cm³/mol. The molecule has 2 aliphatic rings. The lowest BCUT2D eigenvalue weighted by atomic mass is 9.98. The van der Waals surface area contributed by atoms with Crippen LogP contribution in [-0.4, -0.2) is 22.7 Å². The van der Waals surface area contributed by atoms with Crippen LogP contribution in [0, 0.1) is 5.92 Å². The molecule has 1 atom stereocenters. The molecular weight excluding hydrogens is 388 g/mol. The highest BCUT2D eigenvalue weighted by Crippen LogP contribution is 2.35. The summed E-state index contributed by atoms with van der Waals surface area (Å²) in [6, 6.07) is 19.1. The average Bonchev–Trinajstić information content (AvgIpc) is 3.38. The van der Waals surface area contributed by atoms with Gasteiger partial charge in [0.05, 0.1) is 11.3 Å². The van der Waals surface area contributed by atoms with Crippen molar-refractivity contribution in [3.63, 3.8) is 0 Å². The van der Waals surface area contributed by atoms with Crippen molar-refractivity contribution < 1.29 is 4.79 Å².